The molecule has 0 heterocycles. The number of rotatable bonds is 6. The van der Waals surface area contributed by atoms with Crippen molar-refractivity contribution in [1.29, 1.82) is 0 Å². The molecule has 3 N–H and O–H groups in total. The van der Waals surface area contributed by atoms with Crippen LogP contribution in [0.1, 0.15) is 29.6 Å². The molecule has 1 amide bonds. The summed E-state index contributed by atoms with van der Waals surface area (Å²) in [5.74, 6) is -0.562. The fourth-order valence-corrected chi connectivity index (χ4v) is 2.13. The number of alkyl halides is 3. The van der Waals surface area contributed by atoms with Gasteiger partial charge in [-0.1, -0.05) is 6.07 Å². The third-order valence-corrected chi connectivity index (χ3v) is 3.51. The SMILES string of the molecule is NS(=O)(=O)c1cccc(C(=O)NCCCCC(F)(F)F)c1. The molecule has 118 valence electrons. The van der Waals surface area contributed by atoms with Crippen molar-refractivity contribution in [1.82, 2.24) is 5.32 Å². The molecule has 0 radical (unpaired) electrons. The van der Waals surface area contributed by atoms with Crippen LogP contribution >= 0.6 is 0 Å². The molecule has 0 atom stereocenters. The van der Waals surface area contributed by atoms with Crippen LogP contribution in [0.3, 0.4) is 0 Å². The largest absolute Gasteiger partial charge is 0.389 e. The molecule has 0 fully saturated rings. The molecular weight excluding hydrogens is 309 g/mol. The summed E-state index contributed by atoms with van der Waals surface area (Å²) in [7, 11) is -3.91. The van der Waals surface area contributed by atoms with E-state index in [2.05, 4.69) is 5.32 Å². The number of carbonyl (C=O) groups excluding carboxylic acids is 1. The van der Waals surface area contributed by atoms with Gasteiger partial charge < -0.3 is 5.32 Å². The molecule has 0 spiro atoms. The number of carbonyl (C=O) groups is 1. The van der Waals surface area contributed by atoms with E-state index in [1.807, 2.05) is 0 Å². The number of hydrogen-bond acceptors (Lipinski definition) is 3. The van der Waals surface area contributed by atoms with Crippen LogP contribution in [0.4, 0.5) is 13.2 Å². The van der Waals surface area contributed by atoms with Crippen molar-refractivity contribution in [3.63, 3.8) is 0 Å². The van der Waals surface area contributed by atoms with Crippen LogP contribution in [-0.4, -0.2) is 27.0 Å². The summed E-state index contributed by atoms with van der Waals surface area (Å²) in [6.45, 7) is 0.0779. The van der Waals surface area contributed by atoms with Crippen molar-refractivity contribution in [2.24, 2.45) is 5.14 Å². The van der Waals surface area contributed by atoms with E-state index in [0.717, 1.165) is 6.07 Å². The molecule has 0 aliphatic heterocycles. The summed E-state index contributed by atoms with van der Waals surface area (Å²) in [5.41, 5.74) is 0.0809. The third-order valence-electron chi connectivity index (χ3n) is 2.60. The van der Waals surface area contributed by atoms with E-state index in [1.54, 1.807) is 0 Å². The molecule has 0 aliphatic rings. The smallest absolute Gasteiger partial charge is 0.352 e. The molecule has 21 heavy (non-hydrogen) atoms. The van der Waals surface area contributed by atoms with Crippen molar-refractivity contribution in [3.05, 3.63) is 29.8 Å². The highest BCUT2D eigenvalue weighted by atomic mass is 32.2. The minimum absolute atomic E-state index is 0.0779. The fourth-order valence-electron chi connectivity index (χ4n) is 1.57. The number of benzene rings is 1. The normalized spacial score (nSPS) is 12.2. The van der Waals surface area contributed by atoms with Crippen LogP contribution in [0.25, 0.3) is 0 Å². The quantitative estimate of drug-likeness (QED) is 0.782. The second kappa shape index (κ2) is 6.90. The topological polar surface area (TPSA) is 89.3 Å². The Morgan fingerprint density at radius 2 is 1.90 bits per heavy atom. The zero-order valence-electron chi connectivity index (χ0n) is 11.0. The monoisotopic (exact) mass is 324 g/mol. The van der Waals surface area contributed by atoms with Crippen molar-refractivity contribution in [2.45, 2.75) is 30.3 Å². The zero-order valence-corrected chi connectivity index (χ0v) is 11.8. The van der Waals surface area contributed by atoms with Gasteiger partial charge in [-0.3, -0.25) is 4.79 Å². The van der Waals surface area contributed by atoms with E-state index < -0.39 is 28.5 Å². The summed E-state index contributed by atoms with van der Waals surface area (Å²) in [5, 5.41) is 7.36. The number of nitrogens with two attached hydrogens (primary N) is 1. The summed E-state index contributed by atoms with van der Waals surface area (Å²) < 4.78 is 58.0. The van der Waals surface area contributed by atoms with Gasteiger partial charge in [0.15, 0.2) is 0 Å². The van der Waals surface area contributed by atoms with Gasteiger partial charge in [-0.15, -0.1) is 0 Å². The second-order valence-corrected chi connectivity index (χ2v) is 5.96. The summed E-state index contributed by atoms with van der Waals surface area (Å²) in [6, 6.07) is 5.11. The molecule has 0 unspecified atom stereocenters. The lowest BCUT2D eigenvalue weighted by molar-refractivity contribution is -0.135. The number of amides is 1. The van der Waals surface area contributed by atoms with Crippen LogP contribution in [0, 0.1) is 0 Å². The van der Waals surface area contributed by atoms with Gasteiger partial charge in [0.05, 0.1) is 4.90 Å². The number of halogens is 3. The maximum atomic E-state index is 11.9. The van der Waals surface area contributed by atoms with Crippen LogP contribution in [-0.2, 0) is 10.0 Å². The minimum atomic E-state index is -4.20. The molecule has 0 saturated heterocycles. The molecule has 1 aromatic carbocycles. The van der Waals surface area contributed by atoms with E-state index in [4.69, 9.17) is 5.14 Å². The van der Waals surface area contributed by atoms with E-state index in [9.17, 15) is 26.4 Å². The summed E-state index contributed by atoms with van der Waals surface area (Å²) >= 11 is 0. The predicted molar refractivity (Wildman–Crippen MR) is 70.1 cm³/mol. The van der Waals surface area contributed by atoms with Crippen LogP contribution in [0.15, 0.2) is 29.2 Å². The van der Waals surface area contributed by atoms with Crippen molar-refractivity contribution >= 4 is 15.9 Å². The molecule has 1 rings (SSSR count). The molecule has 9 heteroatoms. The predicted octanol–water partition coefficient (Wildman–Crippen LogP) is 1.80. The average molecular weight is 324 g/mol. The van der Waals surface area contributed by atoms with Gasteiger partial charge in [0.25, 0.3) is 5.91 Å². The molecule has 0 bridgehead atoms. The van der Waals surface area contributed by atoms with Gasteiger partial charge in [0.1, 0.15) is 0 Å². The minimum Gasteiger partial charge on any atom is -0.352 e. The van der Waals surface area contributed by atoms with Crippen LogP contribution < -0.4 is 10.5 Å². The standard InChI is InChI=1S/C12H15F3N2O3S/c13-12(14,15)6-1-2-7-17-11(18)9-4-3-5-10(8-9)21(16,19)20/h3-5,8H,1-2,6-7H2,(H,17,18)(H2,16,19,20). The van der Waals surface area contributed by atoms with Crippen molar-refractivity contribution in [2.75, 3.05) is 6.54 Å². The van der Waals surface area contributed by atoms with Gasteiger partial charge in [-0.05, 0) is 31.0 Å². The Hall–Kier alpha value is -1.61. The van der Waals surface area contributed by atoms with Gasteiger partial charge in [0.2, 0.25) is 10.0 Å². The summed E-state index contributed by atoms with van der Waals surface area (Å²) in [6.07, 6.45) is -5.00. The molecule has 1 aromatic rings. The molecular formula is C12H15F3N2O3S. The molecule has 0 aliphatic carbocycles. The fraction of sp³-hybridized carbons (Fsp3) is 0.417. The highest BCUT2D eigenvalue weighted by molar-refractivity contribution is 7.89. The maximum absolute atomic E-state index is 11.9. The van der Waals surface area contributed by atoms with Gasteiger partial charge in [0, 0.05) is 18.5 Å². The maximum Gasteiger partial charge on any atom is 0.389 e. The van der Waals surface area contributed by atoms with E-state index in [-0.39, 0.29) is 29.8 Å². The number of hydrogen-bond donors (Lipinski definition) is 2. The Morgan fingerprint density at radius 3 is 2.48 bits per heavy atom. The Morgan fingerprint density at radius 1 is 1.24 bits per heavy atom. The highest BCUT2D eigenvalue weighted by Gasteiger charge is 2.25. The molecule has 5 nitrogen and oxygen atoms in total. The average Bonchev–Trinajstić information content (AvgIpc) is 2.36. The lowest BCUT2D eigenvalue weighted by Gasteiger charge is -2.08. The first-order valence-electron chi connectivity index (χ1n) is 6.07. The van der Waals surface area contributed by atoms with Gasteiger partial charge in [-0.25, -0.2) is 13.6 Å². The Bertz CT molecular complexity index is 600. The molecule has 0 saturated carbocycles. The second-order valence-electron chi connectivity index (χ2n) is 4.40. The molecule has 0 aromatic heterocycles. The summed E-state index contributed by atoms with van der Waals surface area (Å²) in [4.78, 5) is 11.5. The van der Waals surface area contributed by atoms with Crippen LogP contribution in [0.2, 0.25) is 0 Å². The first kappa shape index (κ1) is 17.4. The van der Waals surface area contributed by atoms with Crippen molar-refractivity contribution in [3.8, 4) is 0 Å². The van der Waals surface area contributed by atoms with E-state index in [0.29, 0.717) is 0 Å². The number of unbranched alkanes of at least 4 members (excludes halogenated alkanes) is 1. The number of primary sulfonamides is 1. The van der Waals surface area contributed by atoms with E-state index in [1.165, 1.54) is 18.2 Å². The first-order valence-corrected chi connectivity index (χ1v) is 7.62. The Kier molecular flexibility index (Phi) is 5.73. The van der Waals surface area contributed by atoms with Crippen molar-refractivity contribution < 1.29 is 26.4 Å². The third kappa shape index (κ3) is 6.58. The number of nitrogens with one attached hydrogen (secondary N) is 1. The first-order chi connectivity index (χ1) is 9.59. The lowest BCUT2D eigenvalue weighted by Crippen LogP contribution is -2.25. The van der Waals surface area contributed by atoms with Crippen LogP contribution in [0.5, 0.6) is 0 Å². The zero-order chi connectivity index (χ0) is 16.1. The van der Waals surface area contributed by atoms with Gasteiger partial charge >= 0.3 is 6.18 Å². The van der Waals surface area contributed by atoms with E-state index >= 15 is 0 Å². The Labute approximate surface area is 120 Å². The lowest BCUT2D eigenvalue weighted by atomic mass is 10.2. The Balaban J connectivity index is 2.50. The number of sulfonamides is 1. The highest BCUT2D eigenvalue weighted by Crippen LogP contribution is 2.21. The van der Waals surface area contributed by atoms with Gasteiger partial charge in [-0.2, -0.15) is 13.2 Å².